The standard InChI is InChI=1S/C20H20FN3O7/c21-14-6-7-17(18(8-14)24(28)29)22-10-15-9-16(25)11-23(15)19(26)31-20(27)30-12-13-4-2-1-3-5-13/h1-8,15-16,22,25H,9-12H2/t15-,16?/m0/s1. The number of likely N-dealkylation sites (tertiary alicyclic amines) is 1. The van der Waals surface area contributed by atoms with E-state index in [4.69, 9.17) is 9.47 Å². The second-order valence-corrected chi connectivity index (χ2v) is 6.89. The fraction of sp³-hybridized carbons (Fsp3) is 0.300. The number of amides is 1. The van der Waals surface area contributed by atoms with Gasteiger partial charge in [-0.25, -0.2) is 14.0 Å². The first-order valence-corrected chi connectivity index (χ1v) is 9.38. The lowest BCUT2D eigenvalue weighted by molar-refractivity contribution is -0.384. The number of anilines is 1. The van der Waals surface area contributed by atoms with Crippen LogP contribution in [0.5, 0.6) is 0 Å². The third-order valence-corrected chi connectivity index (χ3v) is 4.68. The van der Waals surface area contributed by atoms with E-state index in [9.17, 15) is 29.2 Å². The van der Waals surface area contributed by atoms with E-state index in [2.05, 4.69) is 5.32 Å². The summed E-state index contributed by atoms with van der Waals surface area (Å²) in [5.74, 6) is -0.757. The van der Waals surface area contributed by atoms with Crippen LogP contribution >= 0.6 is 0 Å². The summed E-state index contributed by atoms with van der Waals surface area (Å²) in [7, 11) is 0. The molecule has 10 nitrogen and oxygen atoms in total. The van der Waals surface area contributed by atoms with Gasteiger partial charge in [0.2, 0.25) is 0 Å². The largest absolute Gasteiger partial charge is 0.517 e. The van der Waals surface area contributed by atoms with Crippen LogP contribution in [-0.4, -0.2) is 52.4 Å². The van der Waals surface area contributed by atoms with Gasteiger partial charge in [-0.3, -0.25) is 10.1 Å². The number of β-amino-alcohol motifs (C(OH)–C–C–N with tert-alkyl or cyclic N) is 1. The molecule has 0 radical (unpaired) electrons. The minimum atomic E-state index is -1.18. The van der Waals surface area contributed by atoms with E-state index in [1.807, 2.05) is 0 Å². The fourth-order valence-corrected chi connectivity index (χ4v) is 3.22. The van der Waals surface area contributed by atoms with Gasteiger partial charge < -0.3 is 24.8 Å². The highest BCUT2D eigenvalue weighted by atomic mass is 19.1. The van der Waals surface area contributed by atoms with Crippen LogP contribution in [-0.2, 0) is 16.1 Å². The Bertz CT molecular complexity index is 957. The third kappa shape index (κ3) is 5.89. The predicted octanol–water partition coefficient (Wildman–Crippen LogP) is 3.05. The molecule has 2 atom stereocenters. The van der Waals surface area contributed by atoms with Gasteiger partial charge in [-0.15, -0.1) is 0 Å². The van der Waals surface area contributed by atoms with Crippen LogP contribution < -0.4 is 5.32 Å². The second-order valence-electron chi connectivity index (χ2n) is 6.89. The first-order chi connectivity index (χ1) is 14.8. The zero-order valence-electron chi connectivity index (χ0n) is 16.3. The molecule has 1 aliphatic rings. The summed E-state index contributed by atoms with van der Waals surface area (Å²) in [6.07, 6.45) is -2.88. The number of benzene rings is 2. The Morgan fingerprint density at radius 1 is 1.26 bits per heavy atom. The molecule has 2 aromatic carbocycles. The molecule has 2 N–H and O–H groups in total. The molecule has 0 bridgehead atoms. The first kappa shape index (κ1) is 22.0. The van der Waals surface area contributed by atoms with Crippen LogP contribution in [0, 0.1) is 15.9 Å². The normalized spacial score (nSPS) is 17.8. The molecule has 1 aliphatic heterocycles. The monoisotopic (exact) mass is 433 g/mol. The zero-order chi connectivity index (χ0) is 22.4. The number of halogens is 1. The highest BCUT2D eigenvalue weighted by Gasteiger charge is 2.36. The highest BCUT2D eigenvalue weighted by molar-refractivity contribution is 5.81. The number of hydrogen-bond donors (Lipinski definition) is 2. The van der Waals surface area contributed by atoms with Gasteiger partial charge in [0.1, 0.15) is 18.1 Å². The van der Waals surface area contributed by atoms with Crippen molar-refractivity contribution < 1.29 is 33.5 Å². The Labute approximate surface area is 176 Å². The molecule has 2 aromatic rings. The summed E-state index contributed by atoms with van der Waals surface area (Å²) in [4.78, 5) is 35.7. The van der Waals surface area contributed by atoms with E-state index >= 15 is 0 Å². The van der Waals surface area contributed by atoms with Crippen molar-refractivity contribution in [1.29, 1.82) is 0 Å². The molecule has 1 amide bonds. The van der Waals surface area contributed by atoms with E-state index in [1.165, 1.54) is 6.07 Å². The smallest absolute Gasteiger partial charge is 0.429 e. The van der Waals surface area contributed by atoms with Crippen LogP contribution in [0.1, 0.15) is 12.0 Å². The van der Waals surface area contributed by atoms with Crippen molar-refractivity contribution in [1.82, 2.24) is 4.90 Å². The Balaban J connectivity index is 1.57. The molecule has 1 unspecified atom stereocenters. The van der Waals surface area contributed by atoms with E-state index in [0.29, 0.717) is 5.56 Å². The molecule has 0 saturated carbocycles. The van der Waals surface area contributed by atoms with Gasteiger partial charge in [0.25, 0.3) is 5.69 Å². The number of carbonyl (C=O) groups is 2. The van der Waals surface area contributed by atoms with E-state index < -0.39 is 40.8 Å². The molecular weight excluding hydrogens is 413 g/mol. The number of ether oxygens (including phenoxy) is 2. The highest BCUT2D eigenvalue weighted by Crippen LogP contribution is 2.26. The SMILES string of the molecule is O=C(OCc1ccccc1)OC(=O)N1CC(O)C[C@H]1CNc1ccc(F)cc1[N+](=O)[O-]. The average Bonchev–Trinajstić information content (AvgIpc) is 3.12. The van der Waals surface area contributed by atoms with Crippen molar-refractivity contribution in [3.63, 3.8) is 0 Å². The minimum absolute atomic E-state index is 0.0116. The van der Waals surface area contributed by atoms with Gasteiger partial charge in [0.05, 0.1) is 29.7 Å². The number of nitro benzene ring substituents is 1. The van der Waals surface area contributed by atoms with Gasteiger partial charge >= 0.3 is 12.2 Å². The van der Waals surface area contributed by atoms with Crippen molar-refractivity contribution in [2.45, 2.75) is 25.2 Å². The van der Waals surface area contributed by atoms with Gasteiger partial charge in [-0.1, -0.05) is 30.3 Å². The van der Waals surface area contributed by atoms with Crippen molar-refractivity contribution in [3.05, 3.63) is 70.0 Å². The number of nitrogens with zero attached hydrogens (tertiary/aromatic N) is 2. The Kier molecular flexibility index (Phi) is 6.98. The van der Waals surface area contributed by atoms with Gasteiger partial charge in [-0.2, -0.15) is 0 Å². The molecule has 0 aromatic heterocycles. The number of hydrogen-bond acceptors (Lipinski definition) is 8. The maximum absolute atomic E-state index is 13.3. The maximum atomic E-state index is 13.3. The number of aliphatic hydroxyl groups is 1. The number of rotatable bonds is 6. The van der Waals surface area contributed by atoms with Crippen molar-refractivity contribution >= 4 is 23.6 Å². The number of carbonyl (C=O) groups excluding carboxylic acids is 2. The zero-order valence-corrected chi connectivity index (χ0v) is 16.3. The summed E-state index contributed by atoms with van der Waals surface area (Å²) in [5.41, 5.74) is 0.312. The van der Waals surface area contributed by atoms with Crippen molar-refractivity contribution in [3.8, 4) is 0 Å². The van der Waals surface area contributed by atoms with Crippen LogP contribution in [0.3, 0.4) is 0 Å². The lowest BCUT2D eigenvalue weighted by Crippen LogP contribution is -2.41. The summed E-state index contributed by atoms with van der Waals surface area (Å²) in [5, 5.41) is 23.8. The predicted molar refractivity (Wildman–Crippen MR) is 106 cm³/mol. The molecule has 0 aliphatic carbocycles. The molecule has 1 fully saturated rings. The number of nitrogens with one attached hydrogen (secondary N) is 1. The van der Waals surface area contributed by atoms with Gasteiger partial charge in [0.15, 0.2) is 0 Å². The topological polar surface area (TPSA) is 131 Å². The van der Waals surface area contributed by atoms with E-state index in [-0.39, 0.29) is 31.8 Å². The maximum Gasteiger partial charge on any atom is 0.517 e. The molecular formula is C20H20FN3O7. The van der Waals surface area contributed by atoms with Crippen LogP contribution in [0.2, 0.25) is 0 Å². The first-order valence-electron chi connectivity index (χ1n) is 9.38. The molecule has 3 rings (SSSR count). The van der Waals surface area contributed by atoms with Gasteiger partial charge in [-0.05, 0) is 24.1 Å². The summed E-state index contributed by atoms with van der Waals surface area (Å²) < 4.78 is 22.9. The molecule has 11 heteroatoms. The summed E-state index contributed by atoms with van der Waals surface area (Å²) in [6.45, 7) is -0.144. The van der Waals surface area contributed by atoms with Crippen LogP contribution in [0.4, 0.5) is 25.4 Å². The fourth-order valence-electron chi connectivity index (χ4n) is 3.22. The van der Waals surface area contributed by atoms with Crippen molar-refractivity contribution in [2.75, 3.05) is 18.4 Å². The third-order valence-electron chi connectivity index (χ3n) is 4.68. The molecule has 164 valence electrons. The Morgan fingerprint density at radius 3 is 2.71 bits per heavy atom. The lowest BCUT2D eigenvalue weighted by atomic mass is 10.2. The van der Waals surface area contributed by atoms with E-state index in [1.54, 1.807) is 30.3 Å². The van der Waals surface area contributed by atoms with Crippen molar-refractivity contribution in [2.24, 2.45) is 0 Å². The molecule has 1 saturated heterocycles. The lowest BCUT2D eigenvalue weighted by Gasteiger charge is -2.23. The number of aliphatic hydroxyl groups excluding tert-OH is 1. The minimum Gasteiger partial charge on any atom is -0.429 e. The average molecular weight is 433 g/mol. The number of nitro groups is 1. The molecule has 31 heavy (non-hydrogen) atoms. The van der Waals surface area contributed by atoms with Crippen LogP contribution in [0.25, 0.3) is 0 Å². The van der Waals surface area contributed by atoms with E-state index in [0.717, 1.165) is 17.0 Å². The second kappa shape index (κ2) is 9.85. The molecule has 0 spiro atoms. The summed E-state index contributed by atoms with van der Waals surface area (Å²) >= 11 is 0. The Hall–Kier alpha value is -3.73. The van der Waals surface area contributed by atoms with Gasteiger partial charge in [0, 0.05) is 6.54 Å². The Morgan fingerprint density at radius 2 is 2.00 bits per heavy atom. The van der Waals surface area contributed by atoms with Crippen LogP contribution in [0.15, 0.2) is 48.5 Å². The quantitative estimate of drug-likeness (QED) is 0.308. The summed E-state index contributed by atoms with van der Waals surface area (Å²) in [6, 6.07) is 11.3. The molecule has 1 heterocycles.